The summed E-state index contributed by atoms with van der Waals surface area (Å²) in [4.78, 5) is 16.9. The zero-order valence-corrected chi connectivity index (χ0v) is 11.8. The summed E-state index contributed by atoms with van der Waals surface area (Å²) < 4.78 is 0.767. The summed E-state index contributed by atoms with van der Waals surface area (Å²) in [6.45, 7) is 4.26. The van der Waals surface area contributed by atoms with Crippen LogP contribution in [0.3, 0.4) is 0 Å². The number of anilines is 1. The molecule has 0 radical (unpaired) electrons. The molecule has 2 heterocycles. The molecule has 18 heavy (non-hydrogen) atoms. The van der Waals surface area contributed by atoms with E-state index in [9.17, 15) is 0 Å². The summed E-state index contributed by atoms with van der Waals surface area (Å²) in [6.07, 6.45) is 5.68. The molecule has 2 rings (SSSR count). The van der Waals surface area contributed by atoms with Crippen molar-refractivity contribution in [2.24, 2.45) is 5.92 Å². The van der Waals surface area contributed by atoms with Gasteiger partial charge >= 0.3 is 0 Å². The predicted octanol–water partition coefficient (Wildman–Crippen LogP) is 2.48. The molecule has 5 nitrogen and oxygen atoms in total. The van der Waals surface area contributed by atoms with E-state index in [0.717, 1.165) is 16.6 Å². The molecular weight excluding hydrogens is 294 g/mol. The lowest BCUT2D eigenvalue weighted by molar-refractivity contribution is 0.632. The Morgan fingerprint density at radius 2 is 2.06 bits per heavy atom. The molecule has 6 heteroatoms. The number of halogens is 1. The number of hydrogen-bond donors (Lipinski definition) is 1. The molecule has 2 N–H and O–H groups in total. The highest BCUT2D eigenvalue weighted by atomic mass is 79.9. The molecule has 0 aliphatic heterocycles. The Kier molecular flexibility index (Phi) is 3.86. The number of aromatic nitrogens is 4. The average Bonchev–Trinajstić information content (AvgIpc) is 2.35. The lowest BCUT2D eigenvalue weighted by Gasteiger charge is -2.10. The van der Waals surface area contributed by atoms with Gasteiger partial charge in [-0.25, -0.2) is 15.0 Å². The Hall–Kier alpha value is -1.56. The summed E-state index contributed by atoms with van der Waals surface area (Å²) >= 11 is 3.43. The van der Waals surface area contributed by atoms with Gasteiger partial charge in [-0.1, -0.05) is 13.8 Å². The summed E-state index contributed by atoms with van der Waals surface area (Å²) in [7, 11) is 0. The van der Waals surface area contributed by atoms with E-state index in [1.54, 1.807) is 18.6 Å². The summed E-state index contributed by atoms with van der Waals surface area (Å²) in [5.74, 6) is 1.44. The van der Waals surface area contributed by atoms with E-state index < -0.39 is 0 Å². The maximum atomic E-state index is 5.89. The molecule has 0 aliphatic rings. The Labute approximate surface area is 114 Å². The third-order valence-electron chi connectivity index (χ3n) is 2.34. The van der Waals surface area contributed by atoms with Crippen molar-refractivity contribution < 1.29 is 0 Å². The fourth-order valence-electron chi connectivity index (χ4n) is 1.56. The van der Waals surface area contributed by atoms with Crippen LogP contribution in [0.25, 0.3) is 11.5 Å². The summed E-state index contributed by atoms with van der Waals surface area (Å²) in [5.41, 5.74) is 7.42. The lowest BCUT2D eigenvalue weighted by Crippen LogP contribution is -2.06. The molecule has 0 amide bonds. The maximum absolute atomic E-state index is 5.89. The molecule has 2 aromatic rings. The highest BCUT2D eigenvalue weighted by Crippen LogP contribution is 2.25. The zero-order chi connectivity index (χ0) is 13.1. The normalized spacial score (nSPS) is 10.9. The van der Waals surface area contributed by atoms with Crippen LogP contribution in [0.5, 0.6) is 0 Å². The molecule has 0 bridgehead atoms. The van der Waals surface area contributed by atoms with Crippen LogP contribution in [-0.4, -0.2) is 19.9 Å². The minimum atomic E-state index is 0.432. The van der Waals surface area contributed by atoms with Crippen LogP contribution in [0.4, 0.5) is 5.82 Å². The number of nitrogens with zero attached hydrogens (tertiary/aromatic N) is 4. The van der Waals surface area contributed by atoms with Gasteiger partial charge in [-0.3, -0.25) is 4.98 Å². The minimum Gasteiger partial charge on any atom is -0.383 e. The fraction of sp³-hybridized carbons (Fsp3) is 0.333. The molecule has 0 fully saturated rings. The SMILES string of the molecule is CC(C)Cc1nc(-c2cnccn2)nc(N)c1Br. The predicted molar refractivity (Wildman–Crippen MR) is 73.7 cm³/mol. The molecule has 0 atom stereocenters. The van der Waals surface area contributed by atoms with Gasteiger partial charge < -0.3 is 5.73 Å². The van der Waals surface area contributed by atoms with Crippen molar-refractivity contribution in [2.45, 2.75) is 20.3 Å². The van der Waals surface area contributed by atoms with Crippen LogP contribution in [0.1, 0.15) is 19.5 Å². The third kappa shape index (κ3) is 2.81. The van der Waals surface area contributed by atoms with Crippen molar-refractivity contribution in [3.8, 4) is 11.5 Å². The van der Waals surface area contributed by atoms with Gasteiger partial charge in [0.05, 0.1) is 16.4 Å². The van der Waals surface area contributed by atoms with Gasteiger partial charge in [0, 0.05) is 12.4 Å². The van der Waals surface area contributed by atoms with Crippen molar-refractivity contribution >= 4 is 21.7 Å². The van der Waals surface area contributed by atoms with E-state index in [0.29, 0.717) is 23.3 Å². The van der Waals surface area contributed by atoms with Crippen LogP contribution in [-0.2, 0) is 6.42 Å². The number of nitrogen functional groups attached to an aromatic ring is 1. The number of nitrogens with two attached hydrogens (primary N) is 1. The van der Waals surface area contributed by atoms with Crippen LogP contribution >= 0.6 is 15.9 Å². The maximum Gasteiger partial charge on any atom is 0.182 e. The highest BCUT2D eigenvalue weighted by Gasteiger charge is 2.13. The molecule has 0 saturated heterocycles. The van der Waals surface area contributed by atoms with Crippen LogP contribution in [0.15, 0.2) is 23.1 Å². The fourth-order valence-corrected chi connectivity index (χ4v) is 1.90. The summed E-state index contributed by atoms with van der Waals surface area (Å²) in [6, 6.07) is 0. The Balaban J connectivity index is 2.47. The van der Waals surface area contributed by atoms with Gasteiger partial charge in [0.25, 0.3) is 0 Å². The first kappa shape index (κ1) is 12.9. The van der Waals surface area contributed by atoms with Crippen LogP contribution in [0, 0.1) is 5.92 Å². The van der Waals surface area contributed by atoms with Gasteiger partial charge in [-0.2, -0.15) is 0 Å². The van der Waals surface area contributed by atoms with E-state index >= 15 is 0 Å². The van der Waals surface area contributed by atoms with Gasteiger partial charge in [-0.05, 0) is 28.3 Å². The molecule has 0 aliphatic carbocycles. The van der Waals surface area contributed by atoms with E-state index in [4.69, 9.17) is 5.73 Å². The molecular formula is C12H14BrN5. The average molecular weight is 308 g/mol. The zero-order valence-electron chi connectivity index (χ0n) is 10.3. The second-order valence-corrected chi connectivity index (χ2v) is 5.17. The topological polar surface area (TPSA) is 77.6 Å². The summed E-state index contributed by atoms with van der Waals surface area (Å²) in [5, 5.41) is 0. The number of rotatable bonds is 3. The number of hydrogen-bond acceptors (Lipinski definition) is 5. The van der Waals surface area contributed by atoms with E-state index in [1.807, 2.05) is 0 Å². The van der Waals surface area contributed by atoms with Gasteiger partial charge in [0.2, 0.25) is 0 Å². The smallest absolute Gasteiger partial charge is 0.182 e. The quantitative estimate of drug-likeness (QED) is 0.942. The van der Waals surface area contributed by atoms with Crippen molar-refractivity contribution in [1.29, 1.82) is 0 Å². The molecule has 0 saturated carbocycles. The van der Waals surface area contributed by atoms with Crippen molar-refractivity contribution in [2.75, 3.05) is 5.73 Å². The van der Waals surface area contributed by atoms with Crippen molar-refractivity contribution in [1.82, 2.24) is 19.9 Å². The second-order valence-electron chi connectivity index (χ2n) is 4.38. The largest absolute Gasteiger partial charge is 0.383 e. The monoisotopic (exact) mass is 307 g/mol. The van der Waals surface area contributed by atoms with Crippen LogP contribution < -0.4 is 5.73 Å². The second kappa shape index (κ2) is 5.39. The van der Waals surface area contributed by atoms with Crippen molar-refractivity contribution in [3.05, 3.63) is 28.8 Å². The first-order valence-electron chi connectivity index (χ1n) is 5.66. The Morgan fingerprint density at radius 1 is 1.28 bits per heavy atom. The molecule has 0 unspecified atom stereocenters. The third-order valence-corrected chi connectivity index (χ3v) is 3.20. The van der Waals surface area contributed by atoms with Gasteiger partial charge in [0.15, 0.2) is 5.82 Å². The Morgan fingerprint density at radius 3 is 2.67 bits per heavy atom. The lowest BCUT2D eigenvalue weighted by atomic mass is 10.1. The van der Waals surface area contributed by atoms with Crippen molar-refractivity contribution in [3.63, 3.8) is 0 Å². The van der Waals surface area contributed by atoms with E-state index in [-0.39, 0.29) is 0 Å². The first-order valence-corrected chi connectivity index (χ1v) is 6.45. The first-order chi connectivity index (χ1) is 8.58. The molecule has 0 spiro atoms. The molecule has 2 aromatic heterocycles. The van der Waals surface area contributed by atoms with Gasteiger partial charge in [-0.15, -0.1) is 0 Å². The Bertz CT molecular complexity index is 542. The van der Waals surface area contributed by atoms with E-state index in [2.05, 4.69) is 49.7 Å². The minimum absolute atomic E-state index is 0.432. The van der Waals surface area contributed by atoms with E-state index in [1.165, 1.54) is 0 Å². The van der Waals surface area contributed by atoms with Crippen LogP contribution in [0.2, 0.25) is 0 Å². The standard InChI is InChI=1S/C12H14BrN5/c1-7(2)5-8-10(13)11(14)18-12(17-8)9-6-15-3-4-16-9/h3-4,6-7H,5H2,1-2H3,(H2,14,17,18). The highest BCUT2D eigenvalue weighted by molar-refractivity contribution is 9.10. The molecule has 0 aromatic carbocycles. The van der Waals surface area contributed by atoms with Gasteiger partial charge in [0.1, 0.15) is 11.5 Å². The molecule has 94 valence electrons.